The van der Waals surface area contributed by atoms with Gasteiger partial charge in [0.05, 0.1) is 0 Å². The lowest BCUT2D eigenvalue weighted by molar-refractivity contribution is 0.571. The predicted molar refractivity (Wildman–Crippen MR) is 81.3 cm³/mol. The number of pyridine rings is 1. The molecule has 3 heterocycles. The predicted octanol–water partition coefficient (Wildman–Crippen LogP) is 2.02. The molecule has 3 rings (SSSR count). The van der Waals surface area contributed by atoms with Crippen molar-refractivity contribution in [3.63, 3.8) is 0 Å². The fraction of sp³-hybridized carbons (Fsp3) is 0.400. The standard InChI is InChI=1S/C15H18N6/c1-11-5-6-18-13(9-11)21-14(17)12(10-16)15(19-21)20-7-3-2-4-8-20/h5-6,9H,2-4,7-8,17H2,1H3. The second-order valence-corrected chi connectivity index (χ2v) is 5.35. The Bertz CT molecular complexity index is 691. The van der Waals surface area contributed by atoms with Gasteiger partial charge in [0.2, 0.25) is 0 Å². The lowest BCUT2D eigenvalue weighted by Gasteiger charge is -2.26. The average molecular weight is 282 g/mol. The van der Waals surface area contributed by atoms with E-state index in [1.165, 1.54) is 6.42 Å². The van der Waals surface area contributed by atoms with E-state index >= 15 is 0 Å². The monoisotopic (exact) mass is 282 g/mol. The Morgan fingerprint density at radius 3 is 2.71 bits per heavy atom. The summed E-state index contributed by atoms with van der Waals surface area (Å²) < 4.78 is 1.56. The van der Waals surface area contributed by atoms with Gasteiger partial charge in [0, 0.05) is 19.3 Å². The van der Waals surface area contributed by atoms with Crippen molar-refractivity contribution in [2.75, 3.05) is 23.7 Å². The SMILES string of the molecule is Cc1ccnc(-n2nc(N3CCCCC3)c(C#N)c2N)c1. The van der Waals surface area contributed by atoms with Crippen LogP contribution in [0.4, 0.5) is 11.6 Å². The van der Waals surface area contributed by atoms with E-state index in [0.717, 1.165) is 31.5 Å². The number of hydrogen-bond donors (Lipinski definition) is 1. The van der Waals surface area contributed by atoms with Crippen LogP contribution in [-0.4, -0.2) is 27.9 Å². The first-order chi connectivity index (χ1) is 10.2. The molecule has 108 valence electrons. The van der Waals surface area contributed by atoms with Crippen molar-refractivity contribution in [2.45, 2.75) is 26.2 Å². The van der Waals surface area contributed by atoms with Crippen LogP contribution in [0.5, 0.6) is 0 Å². The summed E-state index contributed by atoms with van der Waals surface area (Å²) in [5, 5.41) is 14.0. The molecule has 1 fully saturated rings. The molecule has 0 saturated carbocycles. The molecular weight excluding hydrogens is 264 g/mol. The molecule has 0 aliphatic carbocycles. The Morgan fingerprint density at radius 2 is 2.05 bits per heavy atom. The van der Waals surface area contributed by atoms with Crippen LogP contribution in [0.1, 0.15) is 30.4 Å². The van der Waals surface area contributed by atoms with E-state index in [1.54, 1.807) is 10.9 Å². The van der Waals surface area contributed by atoms with Gasteiger partial charge < -0.3 is 10.6 Å². The maximum Gasteiger partial charge on any atom is 0.171 e. The number of nitrogen functional groups attached to an aromatic ring is 1. The topological polar surface area (TPSA) is 83.8 Å². The van der Waals surface area contributed by atoms with E-state index in [-0.39, 0.29) is 0 Å². The Morgan fingerprint density at radius 1 is 1.29 bits per heavy atom. The summed E-state index contributed by atoms with van der Waals surface area (Å²) in [5.74, 6) is 1.68. The van der Waals surface area contributed by atoms with Crippen molar-refractivity contribution in [3.05, 3.63) is 29.5 Å². The normalized spacial score (nSPS) is 15.0. The van der Waals surface area contributed by atoms with Crippen LogP contribution in [-0.2, 0) is 0 Å². The van der Waals surface area contributed by atoms with Gasteiger partial charge in [0.1, 0.15) is 17.5 Å². The van der Waals surface area contributed by atoms with E-state index < -0.39 is 0 Å². The highest BCUT2D eigenvalue weighted by molar-refractivity contribution is 5.66. The molecule has 0 spiro atoms. The van der Waals surface area contributed by atoms with Gasteiger partial charge in [-0.25, -0.2) is 4.98 Å². The molecule has 2 aromatic rings. The maximum absolute atomic E-state index is 9.41. The van der Waals surface area contributed by atoms with Crippen molar-refractivity contribution in [1.82, 2.24) is 14.8 Å². The second kappa shape index (κ2) is 5.44. The Hall–Kier alpha value is -2.55. The Balaban J connectivity index is 2.07. The molecule has 0 radical (unpaired) electrons. The summed E-state index contributed by atoms with van der Waals surface area (Å²) in [6.07, 6.45) is 5.20. The van der Waals surface area contributed by atoms with Gasteiger partial charge in [-0.05, 0) is 43.9 Å². The number of nitrogens with two attached hydrogens (primary N) is 1. The number of aryl methyl sites for hydroxylation is 1. The molecular formula is C15H18N6. The first kappa shape index (κ1) is 13.4. The van der Waals surface area contributed by atoms with Crippen LogP contribution in [0.2, 0.25) is 0 Å². The quantitative estimate of drug-likeness (QED) is 0.911. The number of anilines is 2. The van der Waals surface area contributed by atoms with Crippen molar-refractivity contribution < 1.29 is 0 Å². The fourth-order valence-electron chi connectivity index (χ4n) is 2.66. The van der Waals surface area contributed by atoms with E-state index in [0.29, 0.717) is 23.0 Å². The maximum atomic E-state index is 9.41. The van der Waals surface area contributed by atoms with Crippen molar-refractivity contribution >= 4 is 11.6 Å². The van der Waals surface area contributed by atoms with Gasteiger partial charge in [-0.15, -0.1) is 5.10 Å². The summed E-state index contributed by atoms with van der Waals surface area (Å²) >= 11 is 0. The third-order valence-electron chi connectivity index (χ3n) is 3.79. The fourth-order valence-corrected chi connectivity index (χ4v) is 2.66. The van der Waals surface area contributed by atoms with Crippen molar-refractivity contribution in [1.29, 1.82) is 5.26 Å². The summed E-state index contributed by atoms with van der Waals surface area (Å²) in [7, 11) is 0. The van der Waals surface area contributed by atoms with Gasteiger partial charge in [-0.1, -0.05) is 0 Å². The van der Waals surface area contributed by atoms with Gasteiger partial charge in [0.15, 0.2) is 11.6 Å². The van der Waals surface area contributed by atoms with Crippen LogP contribution < -0.4 is 10.6 Å². The first-order valence-corrected chi connectivity index (χ1v) is 7.17. The molecule has 6 heteroatoms. The third-order valence-corrected chi connectivity index (χ3v) is 3.79. The third kappa shape index (κ3) is 2.42. The molecule has 21 heavy (non-hydrogen) atoms. The lowest BCUT2D eigenvalue weighted by Crippen LogP contribution is -2.30. The molecule has 2 N–H and O–H groups in total. The van der Waals surface area contributed by atoms with Gasteiger partial charge in [0.25, 0.3) is 0 Å². The van der Waals surface area contributed by atoms with Crippen LogP contribution >= 0.6 is 0 Å². The number of nitrogens with zero attached hydrogens (tertiary/aromatic N) is 5. The van der Waals surface area contributed by atoms with Gasteiger partial charge >= 0.3 is 0 Å². The number of aromatic nitrogens is 3. The summed E-state index contributed by atoms with van der Waals surface area (Å²) in [6.45, 7) is 3.83. The van der Waals surface area contributed by atoms with E-state index in [9.17, 15) is 5.26 Å². The van der Waals surface area contributed by atoms with Crippen LogP contribution in [0.25, 0.3) is 5.82 Å². The molecule has 1 aliphatic heterocycles. The lowest BCUT2D eigenvalue weighted by atomic mass is 10.1. The minimum atomic E-state index is 0.358. The molecule has 0 aromatic carbocycles. The van der Waals surface area contributed by atoms with Gasteiger partial charge in [-0.2, -0.15) is 9.94 Å². The molecule has 0 amide bonds. The molecule has 0 bridgehead atoms. The minimum Gasteiger partial charge on any atom is -0.382 e. The summed E-state index contributed by atoms with van der Waals surface area (Å²) in [4.78, 5) is 6.44. The van der Waals surface area contributed by atoms with Crippen molar-refractivity contribution in [2.24, 2.45) is 0 Å². The van der Waals surface area contributed by atoms with Gasteiger partial charge in [-0.3, -0.25) is 0 Å². The van der Waals surface area contributed by atoms with Crippen LogP contribution in [0.3, 0.4) is 0 Å². The molecule has 0 atom stereocenters. The summed E-state index contributed by atoms with van der Waals surface area (Å²) in [6, 6.07) is 6.01. The largest absolute Gasteiger partial charge is 0.382 e. The molecule has 6 nitrogen and oxygen atoms in total. The first-order valence-electron chi connectivity index (χ1n) is 7.17. The van der Waals surface area contributed by atoms with Crippen LogP contribution in [0, 0.1) is 18.3 Å². The Labute approximate surface area is 123 Å². The highest BCUT2D eigenvalue weighted by Gasteiger charge is 2.23. The zero-order chi connectivity index (χ0) is 14.8. The second-order valence-electron chi connectivity index (χ2n) is 5.35. The molecule has 1 aliphatic rings. The number of hydrogen-bond acceptors (Lipinski definition) is 5. The zero-order valence-corrected chi connectivity index (χ0v) is 12.1. The smallest absolute Gasteiger partial charge is 0.171 e. The van der Waals surface area contributed by atoms with E-state index in [4.69, 9.17) is 5.73 Å². The number of piperidine rings is 1. The highest BCUT2D eigenvalue weighted by atomic mass is 15.4. The number of nitriles is 1. The minimum absolute atomic E-state index is 0.358. The molecule has 2 aromatic heterocycles. The zero-order valence-electron chi connectivity index (χ0n) is 12.1. The summed E-state index contributed by atoms with van der Waals surface area (Å²) in [5.41, 5.74) is 7.64. The van der Waals surface area contributed by atoms with E-state index in [2.05, 4.69) is 21.1 Å². The van der Waals surface area contributed by atoms with Crippen molar-refractivity contribution in [3.8, 4) is 11.9 Å². The van der Waals surface area contributed by atoms with Crippen LogP contribution in [0.15, 0.2) is 18.3 Å². The molecule has 1 saturated heterocycles. The number of rotatable bonds is 2. The highest BCUT2D eigenvalue weighted by Crippen LogP contribution is 2.28. The Kier molecular flexibility index (Phi) is 3.48. The average Bonchev–Trinajstić information content (AvgIpc) is 2.85. The molecule has 0 unspecified atom stereocenters. The van der Waals surface area contributed by atoms with E-state index in [1.807, 2.05) is 19.1 Å².